The number of hydrogen-bond acceptors (Lipinski definition) is 5. The van der Waals surface area contributed by atoms with E-state index in [1.807, 2.05) is 6.07 Å². The highest BCUT2D eigenvalue weighted by Gasteiger charge is 2.17. The number of pyridine rings is 1. The Labute approximate surface area is 172 Å². The lowest BCUT2D eigenvalue weighted by atomic mass is 10.3. The molecule has 0 atom stereocenters. The first kappa shape index (κ1) is 20.2. The molecule has 0 saturated carbocycles. The molecule has 3 rings (SSSR count). The van der Waals surface area contributed by atoms with Gasteiger partial charge in [-0.15, -0.1) is 16.8 Å². The number of amides is 1. The Bertz CT molecular complexity index is 989. The van der Waals surface area contributed by atoms with Gasteiger partial charge in [-0.3, -0.25) is 14.3 Å². The number of allylic oxidation sites excluding steroid dienone is 1. The van der Waals surface area contributed by atoms with Gasteiger partial charge in [0.25, 0.3) is 0 Å². The maximum absolute atomic E-state index is 13.9. The van der Waals surface area contributed by atoms with Crippen molar-refractivity contribution in [3.63, 3.8) is 0 Å². The van der Waals surface area contributed by atoms with Crippen LogP contribution in [0.4, 0.5) is 14.5 Å². The molecule has 0 saturated heterocycles. The van der Waals surface area contributed by atoms with E-state index in [-0.39, 0.29) is 15.9 Å². The summed E-state index contributed by atoms with van der Waals surface area (Å²) in [5.41, 5.74) is 0.527. The fourth-order valence-electron chi connectivity index (χ4n) is 2.34. The molecule has 0 aliphatic rings. The fraction of sp³-hybridized carbons (Fsp3) is 0.111. The standard InChI is InChI=1S/C18H14BrF2N5OS/c1-2-7-26-17(14-5-3-4-6-22-14)24-25-18(26)28-10-15(27)23-16-12(19)8-11(20)9-13(16)21/h2-6,8-9H,1,7,10H2,(H,23,27). The number of aromatic nitrogens is 4. The summed E-state index contributed by atoms with van der Waals surface area (Å²) in [5, 5.41) is 11.2. The zero-order chi connectivity index (χ0) is 20.1. The molecular weight excluding hydrogens is 452 g/mol. The first-order valence-electron chi connectivity index (χ1n) is 8.02. The summed E-state index contributed by atoms with van der Waals surface area (Å²) in [5.74, 6) is -1.56. The molecule has 0 aliphatic heterocycles. The number of carbonyl (C=O) groups is 1. The SMILES string of the molecule is C=CCn1c(SCC(=O)Nc2c(F)cc(F)cc2Br)nnc1-c1ccccn1. The lowest BCUT2D eigenvalue weighted by molar-refractivity contribution is -0.113. The molecule has 0 unspecified atom stereocenters. The summed E-state index contributed by atoms with van der Waals surface area (Å²) in [4.78, 5) is 16.5. The number of hydrogen-bond donors (Lipinski definition) is 1. The van der Waals surface area contributed by atoms with Gasteiger partial charge in [0.05, 0.1) is 11.4 Å². The Balaban J connectivity index is 1.73. The van der Waals surface area contributed by atoms with Crippen LogP contribution in [-0.4, -0.2) is 31.4 Å². The van der Waals surface area contributed by atoms with Crippen LogP contribution in [0.2, 0.25) is 0 Å². The van der Waals surface area contributed by atoms with Gasteiger partial charge in [-0.1, -0.05) is 23.9 Å². The van der Waals surface area contributed by atoms with Crippen LogP contribution >= 0.6 is 27.7 Å². The van der Waals surface area contributed by atoms with Crippen molar-refractivity contribution >= 4 is 39.3 Å². The minimum Gasteiger partial charge on any atom is -0.322 e. The molecule has 2 aromatic heterocycles. The van der Waals surface area contributed by atoms with Crippen molar-refractivity contribution in [1.29, 1.82) is 0 Å². The molecule has 0 bridgehead atoms. The second kappa shape index (κ2) is 9.07. The molecule has 28 heavy (non-hydrogen) atoms. The van der Waals surface area contributed by atoms with E-state index < -0.39 is 17.5 Å². The topological polar surface area (TPSA) is 72.7 Å². The van der Waals surface area contributed by atoms with E-state index in [0.717, 1.165) is 17.8 Å². The van der Waals surface area contributed by atoms with Crippen LogP contribution in [0.1, 0.15) is 0 Å². The van der Waals surface area contributed by atoms with E-state index in [4.69, 9.17) is 0 Å². The van der Waals surface area contributed by atoms with E-state index in [1.54, 1.807) is 29.0 Å². The summed E-state index contributed by atoms with van der Waals surface area (Å²) in [6, 6.07) is 7.22. The number of halogens is 3. The molecule has 1 amide bonds. The second-order valence-corrected chi connectivity index (χ2v) is 7.30. The van der Waals surface area contributed by atoms with Crippen LogP contribution in [0.25, 0.3) is 11.5 Å². The Kier molecular flexibility index (Phi) is 6.53. The van der Waals surface area contributed by atoms with Crippen LogP contribution in [0, 0.1) is 11.6 Å². The van der Waals surface area contributed by atoms with Crippen LogP contribution < -0.4 is 5.32 Å². The summed E-state index contributed by atoms with van der Waals surface area (Å²) in [6.07, 6.45) is 3.34. The molecule has 1 aromatic carbocycles. The maximum Gasteiger partial charge on any atom is 0.234 e. The predicted octanol–water partition coefficient (Wildman–Crippen LogP) is 4.30. The Morgan fingerprint density at radius 1 is 1.32 bits per heavy atom. The minimum atomic E-state index is -0.863. The van der Waals surface area contributed by atoms with Gasteiger partial charge >= 0.3 is 0 Å². The summed E-state index contributed by atoms with van der Waals surface area (Å²) in [7, 11) is 0. The zero-order valence-electron chi connectivity index (χ0n) is 14.4. The molecule has 0 radical (unpaired) electrons. The highest BCUT2D eigenvalue weighted by atomic mass is 79.9. The fourth-order valence-corrected chi connectivity index (χ4v) is 3.60. The molecule has 0 aliphatic carbocycles. The number of nitrogens with one attached hydrogen (secondary N) is 1. The van der Waals surface area contributed by atoms with Crippen molar-refractivity contribution in [3.8, 4) is 11.5 Å². The van der Waals surface area contributed by atoms with Crippen molar-refractivity contribution in [2.24, 2.45) is 0 Å². The van der Waals surface area contributed by atoms with Gasteiger partial charge in [-0.2, -0.15) is 0 Å². The van der Waals surface area contributed by atoms with Crippen LogP contribution in [-0.2, 0) is 11.3 Å². The van der Waals surface area contributed by atoms with Crippen molar-refractivity contribution in [2.45, 2.75) is 11.7 Å². The van der Waals surface area contributed by atoms with E-state index in [0.29, 0.717) is 29.3 Å². The minimum absolute atomic E-state index is 0.0409. The molecule has 2 heterocycles. The molecule has 10 heteroatoms. The van der Waals surface area contributed by atoms with Gasteiger partial charge in [0.15, 0.2) is 16.8 Å². The summed E-state index contributed by atoms with van der Waals surface area (Å²) in [6.45, 7) is 4.16. The highest BCUT2D eigenvalue weighted by molar-refractivity contribution is 9.10. The number of thioether (sulfide) groups is 1. The number of anilines is 1. The highest BCUT2D eigenvalue weighted by Crippen LogP contribution is 2.28. The van der Waals surface area contributed by atoms with Gasteiger partial charge in [0.2, 0.25) is 5.91 Å². The average molecular weight is 466 g/mol. The molecule has 144 valence electrons. The second-order valence-electron chi connectivity index (χ2n) is 5.50. The number of carbonyl (C=O) groups excluding carboxylic acids is 1. The Morgan fingerprint density at radius 2 is 2.14 bits per heavy atom. The van der Waals surface area contributed by atoms with E-state index in [1.165, 1.54) is 0 Å². The third kappa shape index (κ3) is 4.63. The van der Waals surface area contributed by atoms with Gasteiger partial charge in [-0.25, -0.2) is 8.78 Å². The van der Waals surface area contributed by atoms with Crippen LogP contribution in [0.15, 0.2) is 58.8 Å². The lowest BCUT2D eigenvalue weighted by Crippen LogP contribution is -2.16. The van der Waals surface area contributed by atoms with Crippen molar-refractivity contribution in [2.75, 3.05) is 11.1 Å². The quantitative estimate of drug-likeness (QED) is 0.416. The van der Waals surface area contributed by atoms with Crippen LogP contribution in [0.5, 0.6) is 0 Å². The molecular formula is C18H14BrF2N5OS. The van der Waals surface area contributed by atoms with Gasteiger partial charge in [0, 0.05) is 23.3 Å². The molecule has 6 nitrogen and oxygen atoms in total. The predicted molar refractivity (Wildman–Crippen MR) is 107 cm³/mol. The van der Waals surface area contributed by atoms with Gasteiger partial charge in [0.1, 0.15) is 11.5 Å². The van der Waals surface area contributed by atoms with Crippen molar-refractivity contribution in [3.05, 3.63) is 65.3 Å². The maximum atomic E-state index is 13.9. The molecule has 0 fully saturated rings. The van der Waals surface area contributed by atoms with E-state index >= 15 is 0 Å². The normalized spacial score (nSPS) is 10.7. The first-order valence-corrected chi connectivity index (χ1v) is 9.80. The Morgan fingerprint density at radius 3 is 2.82 bits per heavy atom. The van der Waals surface area contributed by atoms with Crippen molar-refractivity contribution in [1.82, 2.24) is 19.7 Å². The number of rotatable bonds is 7. The molecule has 3 aromatic rings. The first-order chi connectivity index (χ1) is 13.5. The Hall–Kier alpha value is -2.59. The number of nitrogens with zero attached hydrogens (tertiary/aromatic N) is 4. The monoisotopic (exact) mass is 465 g/mol. The average Bonchev–Trinajstić information content (AvgIpc) is 3.07. The smallest absolute Gasteiger partial charge is 0.234 e. The van der Waals surface area contributed by atoms with Crippen molar-refractivity contribution < 1.29 is 13.6 Å². The molecule has 0 spiro atoms. The summed E-state index contributed by atoms with van der Waals surface area (Å²) >= 11 is 4.17. The lowest BCUT2D eigenvalue weighted by Gasteiger charge is -2.09. The third-order valence-electron chi connectivity index (χ3n) is 3.53. The summed E-state index contributed by atoms with van der Waals surface area (Å²) < 4.78 is 28.9. The van der Waals surface area contributed by atoms with Gasteiger partial charge in [-0.05, 0) is 34.1 Å². The number of benzene rings is 1. The third-order valence-corrected chi connectivity index (χ3v) is 5.12. The van der Waals surface area contributed by atoms with E-state index in [9.17, 15) is 13.6 Å². The largest absolute Gasteiger partial charge is 0.322 e. The van der Waals surface area contributed by atoms with Crippen LogP contribution in [0.3, 0.4) is 0 Å². The zero-order valence-corrected chi connectivity index (χ0v) is 16.8. The van der Waals surface area contributed by atoms with E-state index in [2.05, 4.69) is 43.0 Å². The van der Waals surface area contributed by atoms with Gasteiger partial charge < -0.3 is 5.32 Å². The molecule has 1 N–H and O–H groups in total.